The number of aromatic amines is 1. The van der Waals surface area contributed by atoms with Gasteiger partial charge in [-0.3, -0.25) is 4.79 Å². The highest BCUT2D eigenvalue weighted by atomic mass is 32.2. The van der Waals surface area contributed by atoms with E-state index in [1.807, 2.05) is 39.0 Å². The van der Waals surface area contributed by atoms with Crippen molar-refractivity contribution in [1.82, 2.24) is 15.3 Å². The van der Waals surface area contributed by atoms with Crippen molar-refractivity contribution in [1.29, 1.82) is 0 Å². The van der Waals surface area contributed by atoms with Crippen LogP contribution < -0.4 is 5.32 Å². The number of benzene rings is 1. The quantitative estimate of drug-likeness (QED) is 0.503. The van der Waals surface area contributed by atoms with Gasteiger partial charge in [-0.25, -0.2) is 4.98 Å². The van der Waals surface area contributed by atoms with E-state index in [2.05, 4.69) is 27.4 Å². The Kier molecular flexibility index (Phi) is 8.01. The zero-order valence-electron chi connectivity index (χ0n) is 15.2. The first-order chi connectivity index (χ1) is 12.1. The van der Waals surface area contributed by atoms with Crippen molar-refractivity contribution in [3.63, 3.8) is 0 Å². The molecule has 2 aromatic rings. The van der Waals surface area contributed by atoms with Gasteiger partial charge in [0.25, 0.3) is 0 Å². The molecule has 1 aromatic heterocycles. The summed E-state index contributed by atoms with van der Waals surface area (Å²) >= 11 is 1.46. The molecule has 1 heterocycles. The maximum atomic E-state index is 12.1. The van der Waals surface area contributed by atoms with Crippen molar-refractivity contribution >= 4 is 17.7 Å². The summed E-state index contributed by atoms with van der Waals surface area (Å²) < 4.78 is 5.26. The summed E-state index contributed by atoms with van der Waals surface area (Å²) in [5, 5.41) is 3.54. The number of carbonyl (C=O) groups is 1. The zero-order chi connectivity index (χ0) is 18.1. The molecule has 0 saturated carbocycles. The monoisotopic (exact) mass is 361 g/mol. The third kappa shape index (κ3) is 6.55. The molecule has 1 aromatic carbocycles. The maximum Gasteiger partial charge on any atom is 0.233 e. The number of rotatable bonds is 10. The third-order valence-corrected chi connectivity index (χ3v) is 4.79. The van der Waals surface area contributed by atoms with Crippen LogP contribution in [0.25, 0.3) is 0 Å². The van der Waals surface area contributed by atoms with E-state index in [4.69, 9.17) is 4.74 Å². The lowest BCUT2D eigenvalue weighted by molar-refractivity contribution is -0.120. The lowest BCUT2D eigenvalue weighted by Crippen LogP contribution is -2.32. The van der Waals surface area contributed by atoms with Crippen molar-refractivity contribution in [2.24, 2.45) is 0 Å². The minimum Gasteiger partial charge on any atom is -0.382 e. The Balaban J connectivity index is 1.83. The van der Waals surface area contributed by atoms with Gasteiger partial charge in [-0.05, 0) is 32.8 Å². The molecule has 2 rings (SSSR count). The molecule has 25 heavy (non-hydrogen) atoms. The van der Waals surface area contributed by atoms with Crippen molar-refractivity contribution in [2.45, 2.75) is 44.0 Å². The Labute approximate surface area is 154 Å². The number of thioether (sulfide) groups is 1. The molecule has 0 bridgehead atoms. The van der Waals surface area contributed by atoms with Gasteiger partial charge in [0.05, 0.1) is 10.9 Å². The number of aryl methyl sites for hydroxylation is 1. The van der Waals surface area contributed by atoms with Gasteiger partial charge < -0.3 is 15.0 Å². The molecule has 0 saturated heterocycles. The van der Waals surface area contributed by atoms with Gasteiger partial charge in [0.1, 0.15) is 0 Å². The van der Waals surface area contributed by atoms with Crippen LogP contribution in [-0.2, 0) is 16.0 Å². The number of H-pyrrole nitrogens is 1. The molecule has 1 atom stereocenters. The zero-order valence-corrected chi connectivity index (χ0v) is 16.0. The van der Waals surface area contributed by atoms with Gasteiger partial charge in [-0.1, -0.05) is 42.1 Å². The summed E-state index contributed by atoms with van der Waals surface area (Å²) in [6.07, 6.45) is 1.62. The molecular formula is C19H27N3O2S. The summed E-state index contributed by atoms with van der Waals surface area (Å²) in [4.78, 5) is 20.1. The molecule has 6 heteroatoms. The number of nitrogens with one attached hydrogen (secondary N) is 2. The number of carbonyl (C=O) groups excluding carboxylic acids is 1. The highest BCUT2D eigenvalue weighted by molar-refractivity contribution is 8.00. The second-order valence-electron chi connectivity index (χ2n) is 5.88. The second kappa shape index (κ2) is 10.3. The van der Waals surface area contributed by atoms with Gasteiger partial charge in [-0.2, -0.15) is 0 Å². The largest absolute Gasteiger partial charge is 0.382 e. The normalized spacial score (nSPS) is 12.1. The molecule has 1 unspecified atom stereocenters. The minimum atomic E-state index is -0.192. The maximum absolute atomic E-state index is 12.1. The first-order valence-electron chi connectivity index (χ1n) is 8.71. The third-order valence-electron chi connectivity index (χ3n) is 3.80. The number of imidazole rings is 1. The predicted octanol–water partition coefficient (Wildman–Crippen LogP) is 3.33. The topological polar surface area (TPSA) is 67.0 Å². The van der Waals surface area contributed by atoms with Gasteiger partial charge in [0.15, 0.2) is 5.16 Å². The molecule has 0 spiro atoms. The molecule has 0 aliphatic carbocycles. The van der Waals surface area contributed by atoms with E-state index in [0.717, 1.165) is 29.4 Å². The van der Waals surface area contributed by atoms with Crippen molar-refractivity contribution in [2.75, 3.05) is 19.8 Å². The Hall–Kier alpha value is -1.79. The number of amides is 1. The van der Waals surface area contributed by atoms with Crippen LogP contribution in [0.2, 0.25) is 0 Å². The first-order valence-corrected chi connectivity index (χ1v) is 9.59. The van der Waals surface area contributed by atoms with E-state index in [1.165, 1.54) is 17.3 Å². The van der Waals surface area contributed by atoms with Crippen molar-refractivity contribution in [3.8, 4) is 0 Å². The van der Waals surface area contributed by atoms with Crippen molar-refractivity contribution < 1.29 is 9.53 Å². The molecule has 0 aliphatic rings. The van der Waals surface area contributed by atoms with Gasteiger partial charge in [0.2, 0.25) is 5.91 Å². The highest BCUT2D eigenvalue weighted by Crippen LogP contribution is 2.23. The van der Waals surface area contributed by atoms with Crippen LogP contribution >= 0.6 is 11.8 Å². The Morgan fingerprint density at radius 1 is 1.36 bits per heavy atom. The summed E-state index contributed by atoms with van der Waals surface area (Å²) in [5.41, 5.74) is 3.31. The SMILES string of the molecule is CCOCCCNC(=O)C(C)Sc1nc(Cc2ccccc2)c(C)[nH]1. The van der Waals surface area contributed by atoms with E-state index < -0.39 is 0 Å². The van der Waals surface area contributed by atoms with Crippen molar-refractivity contribution in [3.05, 3.63) is 47.3 Å². The van der Waals surface area contributed by atoms with Crippen LogP contribution in [0.3, 0.4) is 0 Å². The predicted molar refractivity (Wildman–Crippen MR) is 102 cm³/mol. The van der Waals surface area contributed by atoms with E-state index >= 15 is 0 Å². The minimum absolute atomic E-state index is 0.0279. The Morgan fingerprint density at radius 3 is 2.84 bits per heavy atom. The summed E-state index contributed by atoms with van der Waals surface area (Å²) in [6.45, 7) is 7.92. The fourth-order valence-corrected chi connectivity index (χ4v) is 3.28. The van der Waals surface area contributed by atoms with Gasteiger partial charge in [0, 0.05) is 31.9 Å². The number of hydrogen-bond donors (Lipinski definition) is 2. The van der Waals surface area contributed by atoms with Crippen LogP contribution in [0.15, 0.2) is 35.5 Å². The van der Waals surface area contributed by atoms with Gasteiger partial charge >= 0.3 is 0 Å². The lowest BCUT2D eigenvalue weighted by Gasteiger charge is -2.10. The van der Waals surface area contributed by atoms with Crippen LogP contribution in [0.1, 0.15) is 37.2 Å². The smallest absolute Gasteiger partial charge is 0.233 e. The molecule has 0 aliphatic heterocycles. The lowest BCUT2D eigenvalue weighted by atomic mass is 10.1. The van der Waals surface area contributed by atoms with E-state index in [9.17, 15) is 4.79 Å². The second-order valence-corrected chi connectivity index (χ2v) is 7.21. The number of ether oxygens (including phenoxy) is 1. The summed E-state index contributed by atoms with van der Waals surface area (Å²) in [6, 6.07) is 10.3. The molecule has 0 fully saturated rings. The molecular weight excluding hydrogens is 334 g/mol. The molecule has 0 radical (unpaired) electrons. The van der Waals surface area contributed by atoms with E-state index in [-0.39, 0.29) is 11.2 Å². The van der Waals surface area contributed by atoms with E-state index in [1.54, 1.807) is 0 Å². The number of nitrogens with zero attached hydrogens (tertiary/aromatic N) is 1. The fraction of sp³-hybridized carbons (Fsp3) is 0.474. The Bertz CT molecular complexity index is 658. The molecule has 2 N–H and O–H groups in total. The summed E-state index contributed by atoms with van der Waals surface area (Å²) in [7, 11) is 0. The van der Waals surface area contributed by atoms with Crippen LogP contribution in [0.4, 0.5) is 0 Å². The fourth-order valence-electron chi connectivity index (χ4n) is 2.38. The molecule has 5 nitrogen and oxygen atoms in total. The average molecular weight is 362 g/mol. The Morgan fingerprint density at radius 2 is 2.12 bits per heavy atom. The van der Waals surface area contributed by atoms with Crippen LogP contribution in [-0.4, -0.2) is 40.9 Å². The summed E-state index contributed by atoms with van der Waals surface area (Å²) in [5.74, 6) is 0.0279. The van der Waals surface area contributed by atoms with Crippen LogP contribution in [0, 0.1) is 6.92 Å². The van der Waals surface area contributed by atoms with Crippen LogP contribution in [0.5, 0.6) is 0 Å². The number of aromatic nitrogens is 2. The first kappa shape index (κ1) is 19.5. The highest BCUT2D eigenvalue weighted by Gasteiger charge is 2.17. The standard InChI is InChI=1S/C19H27N3O2S/c1-4-24-12-8-11-20-18(23)15(3)25-19-21-14(2)17(22-19)13-16-9-6-5-7-10-16/h5-7,9-10,15H,4,8,11-13H2,1-3H3,(H,20,23)(H,21,22). The van der Waals surface area contributed by atoms with Gasteiger partial charge in [-0.15, -0.1) is 0 Å². The number of hydrogen-bond acceptors (Lipinski definition) is 4. The molecule has 1 amide bonds. The van der Waals surface area contributed by atoms with E-state index in [0.29, 0.717) is 19.8 Å². The average Bonchev–Trinajstić information content (AvgIpc) is 2.94. The molecule has 136 valence electrons.